The molecule has 0 aliphatic heterocycles. The highest BCUT2D eigenvalue weighted by Crippen LogP contribution is 2.43. The molecule has 0 amide bonds. The van der Waals surface area contributed by atoms with Crippen molar-refractivity contribution in [2.45, 2.75) is 25.0 Å². The van der Waals surface area contributed by atoms with E-state index in [1.54, 1.807) is 0 Å². The first-order valence-electron chi connectivity index (χ1n) is 3.01. The molecule has 0 fully saturated rings. The second-order valence-electron chi connectivity index (χ2n) is 2.74. The van der Waals surface area contributed by atoms with Crippen LogP contribution in [0.25, 0.3) is 0 Å². The Hall–Kier alpha value is -0.500. The smallest absolute Gasteiger partial charge is 0.375 e. The van der Waals surface area contributed by atoms with E-state index in [0.29, 0.717) is 0 Å². The molecule has 0 radical (unpaired) electrons. The summed E-state index contributed by atoms with van der Waals surface area (Å²) < 4.78 is 70.5. The lowest BCUT2D eigenvalue weighted by atomic mass is 9.97. The fraction of sp³-hybridized carbons (Fsp3) is 1.00. The summed E-state index contributed by atoms with van der Waals surface area (Å²) in [6.45, 7) is 0.249. The molecule has 0 saturated heterocycles. The lowest BCUT2D eigenvalue weighted by Gasteiger charge is -2.32. The summed E-state index contributed by atoms with van der Waals surface area (Å²) in [5.74, 6) is -3.94. The molecule has 0 heterocycles. The Kier molecular flexibility index (Phi) is 2.90. The minimum atomic E-state index is -5.61. The predicted molar refractivity (Wildman–Crippen MR) is 30.4 cm³/mol. The molecule has 0 aliphatic carbocycles. The van der Waals surface area contributed by atoms with Crippen molar-refractivity contribution in [3.8, 4) is 0 Å². The predicted octanol–water partition coefficient (Wildman–Crippen LogP) is 1.39. The maximum absolute atomic E-state index is 11.8. The minimum Gasteiger partial charge on any atom is -0.375 e. The van der Waals surface area contributed by atoms with Crippen molar-refractivity contribution in [1.29, 1.82) is 0 Å². The van der Waals surface area contributed by atoms with Crippen molar-refractivity contribution in [2.75, 3.05) is 0 Å². The van der Waals surface area contributed by atoms with Gasteiger partial charge in [-0.05, 0) is 6.92 Å². The topological polar surface area (TPSA) is 46.2 Å². The van der Waals surface area contributed by atoms with Crippen LogP contribution in [0.15, 0.2) is 0 Å². The molecule has 0 saturated carbocycles. The number of nitrogens with two attached hydrogens (primary N) is 1. The molecule has 1 unspecified atom stereocenters. The van der Waals surface area contributed by atoms with Crippen LogP contribution < -0.4 is 5.73 Å². The number of aliphatic hydroxyl groups is 1. The Morgan fingerprint density at radius 2 is 1.23 bits per heavy atom. The van der Waals surface area contributed by atoms with Gasteiger partial charge < -0.3 is 10.8 Å². The van der Waals surface area contributed by atoms with Crippen molar-refractivity contribution in [3.63, 3.8) is 0 Å². The lowest BCUT2D eigenvalue weighted by Crippen LogP contribution is -2.57. The molecule has 80 valence electrons. The van der Waals surface area contributed by atoms with Crippen molar-refractivity contribution in [2.24, 2.45) is 11.7 Å². The molecular weight excluding hydrogens is 204 g/mol. The molecule has 0 aromatic rings. The Morgan fingerprint density at radius 1 is 1.00 bits per heavy atom. The average Bonchev–Trinajstić information content (AvgIpc) is 1.44. The molecule has 0 bridgehead atoms. The van der Waals surface area contributed by atoms with Gasteiger partial charge in [-0.3, -0.25) is 0 Å². The molecule has 0 rings (SSSR count). The second-order valence-corrected chi connectivity index (χ2v) is 2.74. The molecular formula is C5H7F6NO. The second kappa shape index (κ2) is 3.02. The fourth-order valence-electron chi connectivity index (χ4n) is 0.848. The summed E-state index contributed by atoms with van der Waals surface area (Å²) in [5.41, 5.74) is 1.00. The standard InChI is InChI=1S/C5H7F6NO/c1-3(12,13)2(4(6,7)8)5(9,10)11/h2,13H,12H2,1H3. The molecule has 13 heavy (non-hydrogen) atoms. The summed E-state index contributed by atoms with van der Waals surface area (Å²) in [7, 11) is 0. The summed E-state index contributed by atoms with van der Waals surface area (Å²) in [6, 6.07) is 0. The van der Waals surface area contributed by atoms with Crippen molar-refractivity contribution >= 4 is 0 Å². The average molecular weight is 211 g/mol. The van der Waals surface area contributed by atoms with Gasteiger partial charge in [0.05, 0.1) is 0 Å². The number of hydrogen-bond donors (Lipinski definition) is 2. The van der Waals surface area contributed by atoms with E-state index < -0.39 is 24.0 Å². The SMILES string of the molecule is CC(N)(O)C(C(F)(F)F)C(F)(F)F. The minimum absolute atomic E-state index is 0.249. The monoisotopic (exact) mass is 211 g/mol. The molecule has 3 N–H and O–H groups in total. The first-order chi connectivity index (χ1) is 5.37. The largest absolute Gasteiger partial charge is 0.404 e. The quantitative estimate of drug-likeness (QED) is 0.508. The third-order valence-corrected chi connectivity index (χ3v) is 1.24. The van der Waals surface area contributed by atoms with Crippen LogP contribution in [-0.4, -0.2) is 23.2 Å². The normalized spacial score (nSPS) is 18.9. The molecule has 0 aromatic heterocycles. The van der Waals surface area contributed by atoms with Gasteiger partial charge in [0.25, 0.3) is 0 Å². The molecule has 1 atom stereocenters. The van der Waals surface area contributed by atoms with Crippen LogP contribution in [0.4, 0.5) is 26.3 Å². The van der Waals surface area contributed by atoms with Crippen molar-refractivity contribution < 1.29 is 31.4 Å². The first kappa shape index (κ1) is 12.5. The van der Waals surface area contributed by atoms with Gasteiger partial charge >= 0.3 is 12.4 Å². The van der Waals surface area contributed by atoms with Gasteiger partial charge in [-0.2, -0.15) is 26.3 Å². The van der Waals surface area contributed by atoms with Crippen molar-refractivity contribution in [3.05, 3.63) is 0 Å². The number of rotatable bonds is 1. The van der Waals surface area contributed by atoms with Gasteiger partial charge in [-0.25, -0.2) is 0 Å². The summed E-state index contributed by atoms with van der Waals surface area (Å²) in [5, 5.41) is 8.49. The van der Waals surface area contributed by atoms with E-state index >= 15 is 0 Å². The fourth-order valence-corrected chi connectivity index (χ4v) is 0.848. The van der Waals surface area contributed by atoms with Crippen LogP contribution in [0.1, 0.15) is 6.92 Å². The molecule has 0 spiro atoms. The highest BCUT2D eigenvalue weighted by atomic mass is 19.4. The van der Waals surface area contributed by atoms with Gasteiger partial charge in [0, 0.05) is 0 Å². The summed E-state index contributed by atoms with van der Waals surface area (Å²) in [4.78, 5) is 0. The number of alkyl halides is 6. The van der Waals surface area contributed by atoms with E-state index in [2.05, 4.69) is 5.73 Å². The number of hydrogen-bond acceptors (Lipinski definition) is 2. The van der Waals surface area contributed by atoms with Crippen LogP contribution in [-0.2, 0) is 0 Å². The summed E-state index contributed by atoms with van der Waals surface area (Å²) in [6.07, 6.45) is -11.2. The molecule has 0 aromatic carbocycles. The lowest BCUT2D eigenvalue weighted by molar-refractivity contribution is -0.324. The van der Waals surface area contributed by atoms with E-state index in [1.807, 2.05) is 0 Å². The van der Waals surface area contributed by atoms with Crippen molar-refractivity contribution in [1.82, 2.24) is 0 Å². The van der Waals surface area contributed by atoms with Crippen LogP contribution in [0.3, 0.4) is 0 Å². The van der Waals surface area contributed by atoms with Gasteiger partial charge in [0.1, 0.15) is 5.72 Å². The molecule has 8 heteroatoms. The highest BCUT2D eigenvalue weighted by Gasteiger charge is 2.63. The Bertz CT molecular complexity index is 144. The van der Waals surface area contributed by atoms with Gasteiger partial charge in [-0.1, -0.05) is 0 Å². The Morgan fingerprint density at radius 3 is 1.23 bits per heavy atom. The van der Waals surface area contributed by atoms with Crippen LogP contribution in [0.2, 0.25) is 0 Å². The van der Waals surface area contributed by atoms with E-state index in [-0.39, 0.29) is 6.92 Å². The number of halogens is 6. The van der Waals surface area contributed by atoms with Crippen LogP contribution in [0, 0.1) is 5.92 Å². The van der Waals surface area contributed by atoms with Crippen LogP contribution >= 0.6 is 0 Å². The first-order valence-corrected chi connectivity index (χ1v) is 3.01. The Balaban J connectivity index is 5.02. The zero-order valence-electron chi connectivity index (χ0n) is 6.37. The van der Waals surface area contributed by atoms with Crippen LogP contribution in [0.5, 0.6) is 0 Å². The van der Waals surface area contributed by atoms with Gasteiger partial charge in [0.2, 0.25) is 0 Å². The maximum atomic E-state index is 11.8. The molecule has 2 nitrogen and oxygen atoms in total. The van der Waals surface area contributed by atoms with Gasteiger partial charge in [0.15, 0.2) is 5.92 Å². The zero-order chi connectivity index (χ0) is 11.1. The van der Waals surface area contributed by atoms with Gasteiger partial charge in [-0.15, -0.1) is 0 Å². The third-order valence-electron chi connectivity index (χ3n) is 1.24. The molecule has 0 aliphatic rings. The summed E-state index contributed by atoms with van der Waals surface area (Å²) >= 11 is 0. The Labute approximate surface area is 69.3 Å². The van der Waals surface area contributed by atoms with E-state index in [9.17, 15) is 26.3 Å². The third kappa shape index (κ3) is 3.39. The van der Waals surface area contributed by atoms with E-state index in [0.717, 1.165) is 0 Å². The maximum Gasteiger partial charge on any atom is 0.404 e. The van der Waals surface area contributed by atoms with E-state index in [1.165, 1.54) is 0 Å². The highest BCUT2D eigenvalue weighted by molar-refractivity contribution is 4.87. The van der Waals surface area contributed by atoms with E-state index in [4.69, 9.17) is 5.11 Å². The zero-order valence-corrected chi connectivity index (χ0v) is 6.37.